The normalized spacial score (nSPS) is 15.5. The summed E-state index contributed by atoms with van der Waals surface area (Å²) >= 11 is 0. The fourth-order valence-electron chi connectivity index (χ4n) is 3.21. The molecule has 2 aromatic heterocycles. The van der Waals surface area contributed by atoms with E-state index in [1.807, 2.05) is 24.3 Å². The highest BCUT2D eigenvalue weighted by Gasteiger charge is 2.15. The summed E-state index contributed by atoms with van der Waals surface area (Å²) in [5, 5.41) is 26.8. The van der Waals surface area contributed by atoms with Gasteiger partial charge in [-0.25, -0.2) is 0 Å². The molecule has 2 aliphatic rings. The first-order valence-corrected chi connectivity index (χ1v) is 10.2. The summed E-state index contributed by atoms with van der Waals surface area (Å²) in [5.41, 5.74) is 8.14. The van der Waals surface area contributed by atoms with E-state index >= 15 is 0 Å². The van der Waals surface area contributed by atoms with E-state index in [9.17, 15) is 5.11 Å². The summed E-state index contributed by atoms with van der Waals surface area (Å²) < 4.78 is 5.09. The van der Waals surface area contributed by atoms with E-state index in [1.165, 1.54) is 25.7 Å². The van der Waals surface area contributed by atoms with Crippen molar-refractivity contribution in [3.05, 3.63) is 42.6 Å². The van der Waals surface area contributed by atoms with Crippen molar-refractivity contribution in [2.75, 3.05) is 25.1 Å². The van der Waals surface area contributed by atoms with Crippen molar-refractivity contribution in [3.8, 4) is 34.0 Å². The lowest BCUT2D eigenvalue weighted by Gasteiger charge is -2.15. The SMILES string of the molecule is COc1cc(-c2ccc(-c3ccc(N4CCCC4)nn3)c(O)c2)cnn1.NC1CC1. The van der Waals surface area contributed by atoms with Crippen LogP contribution in [0.3, 0.4) is 0 Å². The van der Waals surface area contributed by atoms with Gasteiger partial charge in [-0.3, -0.25) is 0 Å². The minimum Gasteiger partial charge on any atom is -0.507 e. The number of phenolic OH excluding ortho intramolecular Hbond substituents is 1. The Hall–Kier alpha value is -3.26. The van der Waals surface area contributed by atoms with Crippen molar-refractivity contribution in [1.82, 2.24) is 20.4 Å². The van der Waals surface area contributed by atoms with Gasteiger partial charge in [-0.05, 0) is 55.5 Å². The highest BCUT2D eigenvalue weighted by atomic mass is 16.5. The first-order chi connectivity index (χ1) is 14.6. The van der Waals surface area contributed by atoms with Gasteiger partial charge in [0.05, 0.1) is 19.0 Å². The number of rotatable bonds is 4. The number of benzene rings is 1. The average molecular weight is 406 g/mol. The van der Waals surface area contributed by atoms with Gasteiger partial charge in [-0.15, -0.1) is 15.3 Å². The number of nitrogens with two attached hydrogens (primary N) is 1. The minimum absolute atomic E-state index is 0.140. The second kappa shape index (κ2) is 9.04. The van der Waals surface area contributed by atoms with E-state index in [-0.39, 0.29) is 5.75 Å². The molecule has 0 spiro atoms. The van der Waals surface area contributed by atoms with Gasteiger partial charge in [0.15, 0.2) is 5.82 Å². The van der Waals surface area contributed by atoms with Gasteiger partial charge < -0.3 is 20.5 Å². The van der Waals surface area contributed by atoms with Gasteiger partial charge in [0, 0.05) is 36.3 Å². The lowest BCUT2D eigenvalue weighted by atomic mass is 10.0. The van der Waals surface area contributed by atoms with Crippen LogP contribution in [0, 0.1) is 0 Å². The van der Waals surface area contributed by atoms with Crippen molar-refractivity contribution in [3.63, 3.8) is 0 Å². The van der Waals surface area contributed by atoms with E-state index < -0.39 is 0 Å². The molecule has 0 bridgehead atoms. The fourth-order valence-corrected chi connectivity index (χ4v) is 3.21. The molecule has 30 heavy (non-hydrogen) atoms. The third kappa shape index (κ3) is 4.83. The van der Waals surface area contributed by atoms with Crippen LogP contribution in [-0.4, -0.2) is 51.7 Å². The highest BCUT2D eigenvalue weighted by molar-refractivity contribution is 5.74. The number of anilines is 1. The molecular formula is C22H26N6O2. The molecule has 2 fully saturated rings. The monoisotopic (exact) mass is 406 g/mol. The zero-order chi connectivity index (χ0) is 20.9. The molecule has 1 aliphatic heterocycles. The van der Waals surface area contributed by atoms with Crippen LogP contribution < -0.4 is 15.4 Å². The van der Waals surface area contributed by atoms with Crippen molar-refractivity contribution < 1.29 is 9.84 Å². The maximum absolute atomic E-state index is 10.5. The molecule has 156 valence electrons. The van der Waals surface area contributed by atoms with Gasteiger partial charge >= 0.3 is 0 Å². The van der Waals surface area contributed by atoms with Crippen LogP contribution in [0.25, 0.3) is 22.4 Å². The van der Waals surface area contributed by atoms with Crippen LogP contribution >= 0.6 is 0 Å². The smallest absolute Gasteiger partial charge is 0.233 e. The molecule has 5 rings (SSSR count). The standard InChI is InChI=1S/C19H19N5O2.C3H7N/c1-26-19-11-14(12-20-23-19)13-4-5-15(17(25)10-13)16-6-7-18(22-21-16)24-8-2-3-9-24;4-3-1-2-3/h4-7,10-12,25H,2-3,8-9H2,1H3;3H,1-2,4H2. The molecule has 3 heterocycles. The van der Waals surface area contributed by atoms with Crippen LogP contribution in [0.2, 0.25) is 0 Å². The van der Waals surface area contributed by atoms with Crippen LogP contribution in [0.1, 0.15) is 25.7 Å². The predicted octanol–water partition coefficient (Wildman–Crippen LogP) is 3.02. The first kappa shape index (κ1) is 20.0. The van der Waals surface area contributed by atoms with Crippen LogP contribution in [0.4, 0.5) is 5.82 Å². The Morgan fingerprint density at radius 2 is 1.77 bits per heavy atom. The number of phenols is 1. The number of nitrogens with zero attached hydrogens (tertiary/aromatic N) is 5. The lowest BCUT2D eigenvalue weighted by Crippen LogP contribution is -2.19. The van der Waals surface area contributed by atoms with E-state index in [0.29, 0.717) is 23.2 Å². The quantitative estimate of drug-likeness (QED) is 0.680. The topological polar surface area (TPSA) is 110 Å². The molecule has 8 nitrogen and oxygen atoms in total. The van der Waals surface area contributed by atoms with Crippen LogP contribution in [-0.2, 0) is 0 Å². The van der Waals surface area contributed by atoms with Crippen molar-refractivity contribution in [2.45, 2.75) is 31.7 Å². The molecule has 8 heteroatoms. The number of methoxy groups -OCH3 is 1. The number of aromatic nitrogens is 4. The predicted molar refractivity (Wildman–Crippen MR) is 115 cm³/mol. The fraction of sp³-hybridized carbons (Fsp3) is 0.364. The molecule has 0 unspecified atom stereocenters. The van der Waals surface area contributed by atoms with Crippen LogP contribution in [0.5, 0.6) is 11.6 Å². The molecule has 3 aromatic rings. The van der Waals surface area contributed by atoms with Crippen molar-refractivity contribution in [1.29, 1.82) is 0 Å². The Bertz CT molecular complexity index is 985. The van der Waals surface area contributed by atoms with Crippen molar-refractivity contribution >= 4 is 5.82 Å². The third-order valence-corrected chi connectivity index (χ3v) is 5.15. The number of aromatic hydroxyl groups is 1. The molecule has 0 radical (unpaired) electrons. The van der Waals surface area contributed by atoms with Crippen molar-refractivity contribution in [2.24, 2.45) is 5.73 Å². The summed E-state index contributed by atoms with van der Waals surface area (Å²) in [6.07, 6.45) is 6.54. The van der Waals surface area contributed by atoms with E-state index in [4.69, 9.17) is 10.5 Å². The molecule has 1 saturated carbocycles. The summed E-state index contributed by atoms with van der Waals surface area (Å²) in [6, 6.07) is 11.6. The van der Waals surface area contributed by atoms with Gasteiger partial charge in [0.25, 0.3) is 0 Å². The minimum atomic E-state index is 0.140. The maximum atomic E-state index is 10.5. The summed E-state index contributed by atoms with van der Waals surface area (Å²) in [5.74, 6) is 1.45. The molecule has 3 N–H and O–H groups in total. The Kier molecular flexibility index (Phi) is 6.04. The third-order valence-electron chi connectivity index (χ3n) is 5.15. The summed E-state index contributed by atoms with van der Waals surface area (Å²) in [6.45, 7) is 2.05. The number of ether oxygens (including phenoxy) is 1. The van der Waals surface area contributed by atoms with Gasteiger partial charge in [-0.1, -0.05) is 6.07 Å². The Labute approximate surface area is 175 Å². The number of hydrogen-bond acceptors (Lipinski definition) is 8. The zero-order valence-corrected chi connectivity index (χ0v) is 17.0. The van der Waals surface area contributed by atoms with Gasteiger partial charge in [0.2, 0.25) is 5.88 Å². The second-order valence-electron chi connectivity index (χ2n) is 7.53. The Morgan fingerprint density at radius 1 is 1.00 bits per heavy atom. The lowest BCUT2D eigenvalue weighted by molar-refractivity contribution is 0.392. The summed E-state index contributed by atoms with van der Waals surface area (Å²) in [4.78, 5) is 2.23. The molecule has 1 aromatic carbocycles. The molecule has 0 amide bonds. The molecule has 0 atom stereocenters. The Balaban J connectivity index is 0.000000489. The molecule has 1 aliphatic carbocycles. The van der Waals surface area contributed by atoms with E-state index in [0.717, 1.165) is 30.0 Å². The second-order valence-corrected chi connectivity index (χ2v) is 7.53. The molecular weight excluding hydrogens is 380 g/mol. The maximum Gasteiger partial charge on any atom is 0.233 e. The summed E-state index contributed by atoms with van der Waals surface area (Å²) in [7, 11) is 1.54. The first-order valence-electron chi connectivity index (χ1n) is 10.2. The van der Waals surface area contributed by atoms with Crippen LogP contribution in [0.15, 0.2) is 42.6 Å². The van der Waals surface area contributed by atoms with E-state index in [1.54, 1.807) is 25.4 Å². The number of hydrogen-bond donors (Lipinski definition) is 2. The largest absolute Gasteiger partial charge is 0.507 e. The Morgan fingerprint density at radius 3 is 2.37 bits per heavy atom. The molecule has 1 saturated heterocycles. The average Bonchev–Trinajstić information content (AvgIpc) is 3.38. The van der Waals surface area contributed by atoms with Gasteiger partial charge in [0.1, 0.15) is 5.75 Å². The highest BCUT2D eigenvalue weighted by Crippen LogP contribution is 2.33. The van der Waals surface area contributed by atoms with Gasteiger partial charge in [-0.2, -0.15) is 5.10 Å². The van der Waals surface area contributed by atoms with E-state index in [2.05, 4.69) is 25.3 Å². The zero-order valence-electron chi connectivity index (χ0n) is 17.0.